The third-order valence-electron chi connectivity index (χ3n) is 4.53. The van der Waals surface area contributed by atoms with Crippen molar-refractivity contribution in [2.45, 2.75) is 63.4 Å². The zero-order valence-corrected chi connectivity index (χ0v) is 16.2. The van der Waals surface area contributed by atoms with E-state index >= 15 is 0 Å². The van der Waals surface area contributed by atoms with E-state index in [2.05, 4.69) is 17.0 Å². The first-order chi connectivity index (χ1) is 11.7. The second-order valence-corrected chi connectivity index (χ2v) is 8.67. The summed E-state index contributed by atoms with van der Waals surface area (Å²) in [7, 11) is -2.35. The van der Waals surface area contributed by atoms with Gasteiger partial charge in [0.25, 0.3) is 5.91 Å². The van der Waals surface area contributed by atoms with Crippen LogP contribution in [0.2, 0.25) is 0 Å². The van der Waals surface area contributed by atoms with Crippen molar-refractivity contribution in [1.82, 2.24) is 10.0 Å². The van der Waals surface area contributed by atoms with Crippen LogP contribution < -0.4 is 14.8 Å². The molecule has 25 heavy (non-hydrogen) atoms. The lowest BCUT2D eigenvalue weighted by molar-refractivity contribution is 0.0910. The quantitative estimate of drug-likeness (QED) is 0.808. The third-order valence-corrected chi connectivity index (χ3v) is 6.21. The molecule has 7 heteroatoms. The van der Waals surface area contributed by atoms with Gasteiger partial charge in [-0.05, 0) is 50.8 Å². The molecule has 0 radical (unpaired) electrons. The topological polar surface area (TPSA) is 84.5 Å². The molecule has 2 atom stereocenters. The zero-order chi connectivity index (χ0) is 18.6. The predicted octanol–water partition coefficient (Wildman–Crippen LogP) is 2.69. The number of carbonyl (C=O) groups excluding carboxylic acids is 1. The van der Waals surface area contributed by atoms with Crippen LogP contribution in [0.15, 0.2) is 23.1 Å². The Morgan fingerprint density at radius 2 is 1.92 bits per heavy atom. The van der Waals surface area contributed by atoms with E-state index in [9.17, 15) is 13.2 Å². The molecule has 1 amide bonds. The molecule has 140 valence electrons. The van der Waals surface area contributed by atoms with Gasteiger partial charge in [-0.2, -0.15) is 0 Å². The molecular formula is C18H28N2O4S. The molecule has 1 fully saturated rings. The smallest absolute Gasteiger partial charge is 0.251 e. The van der Waals surface area contributed by atoms with Gasteiger partial charge in [-0.1, -0.05) is 19.8 Å². The number of hydrogen-bond acceptors (Lipinski definition) is 4. The Kier molecular flexibility index (Phi) is 6.46. The summed E-state index contributed by atoms with van der Waals surface area (Å²) in [6, 6.07) is 4.38. The predicted molar refractivity (Wildman–Crippen MR) is 97.3 cm³/mol. The summed E-state index contributed by atoms with van der Waals surface area (Å²) in [5, 5.41) is 3.05. The molecule has 0 aliphatic heterocycles. The molecule has 6 nitrogen and oxygen atoms in total. The van der Waals surface area contributed by atoms with E-state index in [4.69, 9.17) is 4.74 Å². The van der Waals surface area contributed by atoms with Crippen LogP contribution in [0.25, 0.3) is 0 Å². The van der Waals surface area contributed by atoms with Crippen molar-refractivity contribution in [1.29, 1.82) is 0 Å². The number of ether oxygens (including phenoxy) is 1. The maximum atomic E-state index is 12.6. The van der Waals surface area contributed by atoms with Crippen molar-refractivity contribution >= 4 is 15.9 Å². The van der Waals surface area contributed by atoms with Gasteiger partial charge in [-0.3, -0.25) is 4.79 Å². The van der Waals surface area contributed by atoms with Crippen molar-refractivity contribution in [2.24, 2.45) is 5.92 Å². The van der Waals surface area contributed by atoms with E-state index in [0.29, 0.717) is 11.5 Å². The highest BCUT2D eigenvalue weighted by molar-refractivity contribution is 7.89. The van der Waals surface area contributed by atoms with Crippen LogP contribution in [-0.4, -0.2) is 33.5 Å². The summed E-state index contributed by atoms with van der Waals surface area (Å²) in [5.74, 6) is 0.403. The lowest BCUT2D eigenvalue weighted by atomic mass is 9.86. The van der Waals surface area contributed by atoms with Crippen LogP contribution >= 0.6 is 0 Å². The van der Waals surface area contributed by atoms with Crippen molar-refractivity contribution in [3.63, 3.8) is 0 Å². The number of hydrogen-bond donors (Lipinski definition) is 2. The Balaban J connectivity index is 2.27. The number of benzene rings is 1. The van der Waals surface area contributed by atoms with E-state index < -0.39 is 10.0 Å². The Hall–Kier alpha value is -1.60. The molecule has 0 bridgehead atoms. The Bertz CT molecular complexity index is 716. The first kappa shape index (κ1) is 19.7. The highest BCUT2D eigenvalue weighted by atomic mass is 32.2. The fourth-order valence-electron chi connectivity index (χ4n) is 3.18. The number of carbonyl (C=O) groups is 1. The van der Waals surface area contributed by atoms with Crippen LogP contribution in [0.1, 0.15) is 56.8 Å². The van der Waals surface area contributed by atoms with E-state index in [1.807, 2.05) is 0 Å². The van der Waals surface area contributed by atoms with Gasteiger partial charge in [0.05, 0.1) is 7.11 Å². The fraction of sp³-hybridized carbons (Fsp3) is 0.611. The largest absolute Gasteiger partial charge is 0.495 e. The highest BCUT2D eigenvalue weighted by Crippen LogP contribution is 2.27. The van der Waals surface area contributed by atoms with Crippen LogP contribution in [0, 0.1) is 5.92 Å². The average Bonchev–Trinajstić information content (AvgIpc) is 2.55. The summed E-state index contributed by atoms with van der Waals surface area (Å²) < 4.78 is 32.7. The van der Waals surface area contributed by atoms with Gasteiger partial charge in [-0.15, -0.1) is 0 Å². The van der Waals surface area contributed by atoms with Gasteiger partial charge in [0.2, 0.25) is 10.0 Å². The Morgan fingerprint density at radius 3 is 2.52 bits per heavy atom. The van der Waals surface area contributed by atoms with Gasteiger partial charge >= 0.3 is 0 Å². The maximum absolute atomic E-state index is 12.6. The normalized spacial score (nSPS) is 21.2. The number of methoxy groups -OCH3 is 1. The number of rotatable bonds is 6. The molecule has 2 rings (SSSR count). The minimum absolute atomic E-state index is 0.0203. The molecule has 2 unspecified atom stereocenters. The highest BCUT2D eigenvalue weighted by Gasteiger charge is 2.25. The standard InChI is InChI=1S/C18H28N2O4S/c1-12(2)20-25(22,23)17-11-14(9-10-16(17)24-4)18(21)19-15-8-6-5-7-13(15)3/h9-13,15,20H,5-8H2,1-4H3,(H,19,21). The average molecular weight is 368 g/mol. The molecule has 0 aromatic heterocycles. The van der Waals surface area contributed by atoms with E-state index in [-0.39, 0.29) is 28.6 Å². The van der Waals surface area contributed by atoms with Crippen molar-refractivity contribution < 1.29 is 17.9 Å². The molecule has 0 spiro atoms. The number of amides is 1. The SMILES string of the molecule is COc1ccc(C(=O)NC2CCCCC2C)cc1S(=O)(=O)NC(C)C. The minimum Gasteiger partial charge on any atom is -0.495 e. The summed E-state index contributed by atoms with van der Waals surface area (Å²) in [4.78, 5) is 12.6. The second-order valence-electron chi connectivity index (χ2n) is 6.98. The summed E-state index contributed by atoms with van der Waals surface area (Å²) in [5.41, 5.74) is 0.322. The van der Waals surface area contributed by atoms with E-state index in [1.54, 1.807) is 19.9 Å². The van der Waals surface area contributed by atoms with Gasteiger partial charge in [-0.25, -0.2) is 13.1 Å². The third kappa shape index (κ3) is 4.95. The van der Waals surface area contributed by atoms with Gasteiger partial charge in [0.15, 0.2) is 0 Å². The lowest BCUT2D eigenvalue weighted by Gasteiger charge is -2.29. The zero-order valence-electron chi connectivity index (χ0n) is 15.3. The molecular weight excluding hydrogens is 340 g/mol. The second kappa shape index (κ2) is 8.19. The first-order valence-electron chi connectivity index (χ1n) is 8.76. The molecule has 1 aromatic carbocycles. The van der Waals surface area contributed by atoms with Crippen molar-refractivity contribution in [3.05, 3.63) is 23.8 Å². The number of nitrogens with one attached hydrogen (secondary N) is 2. The summed E-state index contributed by atoms with van der Waals surface area (Å²) >= 11 is 0. The fourth-order valence-corrected chi connectivity index (χ4v) is 4.63. The molecule has 1 aromatic rings. The van der Waals surface area contributed by atoms with E-state index in [0.717, 1.165) is 19.3 Å². The van der Waals surface area contributed by atoms with Crippen LogP contribution in [0.5, 0.6) is 5.75 Å². The van der Waals surface area contributed by atoms with Crippen LogP contribution in [0.3, 0.4) is 0 Å². The molecule has 1 aliphatic carbocycles. The first-order valence-corrected chi connectivity index (χ1v) is 10.2. The molecule has 0 saturated heterocycles. The molecule has 1 aliphatic rings. The summed E-state index contributed by atoms with van der Waals surface area (Å²) in [6.07, 6.45) is 4.36. The number of sulfonamides is 1. The summed E-state index contributed by atoms with van der Waals surface area (Å²) in [6.45, 7) is 5.62. The van der Waals surface area contributed by atoms with Crippen molar-refractivity contribution in [3.8, 4) is 5.75 Å². The van der Waals surface area contributed by atoms with Gasteiger partial charge in [0, 0.05) is 17.6 Å². The molecule has 2 N–H and O–H groups in total. The molecule has 1 saturated carbocycles. The van der Waals surface area contributed by atoms with Gasteiger partial charge < -0.3 is 10.1 Å². The van der Waals surface area contributed by atoms with Crippen molar-refractivity contribution in [2.75, 3.05) is 7.11 Å². The lowest BCUT2D eigenvalue weighted by Crippen LogP contribution is -2.41. The van der Waals surface area contributed by atoms with Crippen LogP contribution in [-0.2, 0) is 10.0 Å². The monoisotopic (exact) mass is 368 g/mol. The van der Waals surface area contributed by atoms with E-state index in [1.165, 1.54) is 25.7 Å². The van der Waals surface area contributed by atoms with Crippen LogP contribution in [0.4, 0.5) is 0 Å². The Labute approximate surface area is 150 Å². The molecule has 0 heterocycles. The Morgan fingerprint density at radius 1 is 1.24 bits per heavy atom. The maximum Gasteiger partial charge on any atom is 0.251 e. The van der Waals surface area contributed by atoms with Gasteiger partial charge in [0.1, 0.15) is 10.6 Å². The minimum atomic E-state index is -3.76.